The first-order chi connectivity index (χ1) is 14.4. The number of ether oxygens (including phenoxy) is 1. The highest BCUT2D eigenvalue weighted by Crippen LogP contribution is 2.28. The molecule has 0 bridgehead atoms. The summed E-state index contributed by atoms with van der Waals surface area (Å²) in [6.45, 7) is 2.13. The minimum atomic E-state index is -3.76. The van der Waals surface area contributed by atoms with Crippen LogP contribution in [0.2, 0.25) is 0 Å². The normalized spacial score (nSPS) is 19.6. The Morgan fingerprint density at radius 2 is 2.20 bits per heavy atom. The summed E-state index contributed by atoms with van der Waals surface area (Å²) >= 11 is 0. The third-order valence-corrected chi connectivity index (χ3v) is 6.66. The Kier molecular flexibility index (Phi) is 5.38. The molecule has 0 unspecified atom stereocenters. The first-order valence-corrected chi connectivity index (χ1v) is 10.9. The van der Waals surface area contributed by atoms with Crippen LogP contribution in [0, 0.1) is 18.3 Å². The SMILES string of the molecule is Cc1ccc(S(=O)(=O)N[C@H]2CC[C@H](CC#N)OC2)cc1-c1cnc2c(N)ncnn12. The maximum absolute atomic E-state index is 13.0. The summed E-state index contributed by atoms with van der Waals surface area (Å²) in [4.78, 5) is 8.31. The molecule has 1 aromatic carbocycles. The molecule has 1 saturated heterocycles. The Labute approximate surface area is 173 Å². The number of hydrogen-bond donors (Lipinski definition) is 2. The summed E-state index contributed by atoms with van der Waals surface area (Å²) < 4.78 is 35.8. The van der Waals surface area contributed by atoms with Gasteiger partial charge in [0.1, 0.15) is 6.33 Å². The van der Waals surface area contributed by atoms with Gasteiger partial charge in [0, 0.05) is 11.6 Å². The van der Waals surface area contributed by atoms with Gasteiger partial charge < -0.3 is 10.5 Å². The minimum absolute atomic E-state index is 0.133. The third kappa shape index (κ3) is 3.85. The highest BCUT2D eigenvalue weighted by molar-refractivity contribution is 7.89. The summed E-state index contributed by atoms with van der Waals surface area (Å²) in [6.07, 6.45) is 4.36. The number of benzene rings is 1. The predicted molar refractivity (Wildman–Crippen MR) is 109 cm³/mol. The molecule has 0 saturated carbocycles. The molecule has 1 aliphatic rings. The van der Waals surface area contributed by atoms with Crippen LogP contribution in [-0.4, -0.2) is 46.8 Å². The molecule has 156 valence electrons. The van der Waals surface area contributed by atoms with Gasteiger partial charge in [-0.1, -0.05) is 6.07 Å². The van der Waals surface area contributed by atoms with E-state index in [0.29, 0.717) is 36.2 Å². The van der Waals surface area contributed by atoms with Crippen LogP contribution in [0.5, 0.6) is 0 Å². The molecule has 0 aliphatic carbocycles. The molecular formula is C19H21N7O3S. The first kappa shape index (κ1) is 20.2. The van der Waals surface area contributed by atoms with Crippen LogP contribution in [0.3, 0.4) is 0 Å². The number of hydrogen-bond acceptors (Lipinski definition) is 8. The molecule has 3 N–H and O–H groups in total. The smallest absolute Gasteiger partial charge is 0.240 e. The third-order valence-electron chi connectivity index (χ3n) is 5.14. The number of nitriles is 1. The number of nitrogens with one attached hydrogen (secondary N) is 1. The lowest BCUT2D eigenvalue weighted by Gasteiger charge is -2.28. The van der Waals surface area contributed by atoms with Crippen molar-refractivity contribution in [2.45, 2.75) is 43.2 Å². The van der Waals surface area contributed by atoms with E-state index in [1.807, 2.05) is 6.92 Å². The van der Waals surface area contributed by atoms with E-state index >= 15 is 0 Å². The molecule has 0 amide bonds. The van der Waals surface area contributed by atoms with Crippen LogP contribution in [0.4, 0.5) is 5.82 Å². The fourth-order valence-electron chi connectivity index (χ4n) is 3.51. The molecule has 0 spiro atoms. The van der Waals surface area contributed by atoms with Gasteiger partial charge in [0.2, 0.25) is 10.0 Å². The Balaban J connectivity index is 1.61. The van der Waals surface area contributed by atoms with Gasteiger partial charge in [-0.15, -0.1) is 0 Å². The van der Waals surface area contributed by atoms with Crippen LogP contribution in [-0.2, 0) is 14.8 Å². The molecule has 1 fully saturated rings. The summed E-state index contributed by atoms with van der Waals surface area (Å²) in [5, 5.41) is 13.0. The van der Waals surface area contributed by atoms with Gasteiger partial charge in [0.05, 0.1) is 42.0 Å². The van der Waals surface area contributed by atoms with Crippen molar-refractivity contribution >= 4 is 21.5 Å². The van der Waals surface area contributed by atoms with Crippen molar-refractivity contribution in [3.8, 4) is 17.3 Å². The summed E-state index contributed by atoms with van der Waals surface area (Å²) in [6, 6.07) is 6.65. The van der Waals surface area contributed by atoms with E-state index in [2.05, 4.69) is 25.9 Å². The second-order valence-corrected chi connectivity index (χ2v) is 8.93. The lowest BCUT2D eigenvalue weighted by Crippen LogP contribution is -2.42. The number of aryl methyl sites for hydroxylation is 1. The standard InChI is InChI=1S/C19H21N7O3S/c1-12-2-5-15(30(27,28)25-13-3-4-14(6-7-20)29-10-13)8-16(12)17-9-22-19-18(21)23-11-24-26(17)19/h2,5,8-9,11,13-14,25H,3-4,6,10H2,1H3,(H2,21,23,24)/t13-,14+/m0/s1. The summed E-state index contributed by atoms with van der Waals surface area (Å²) in [5.41, 5.74) is 8.42. The lowest BCUT2D eigenvalue weighted by molar-refractivity contribution is 0.00523. The summed E-state index contributed by atoms with van der Waals surface area (Å²) in [7, 11) is -3.76. The van der Waals surface area contributed by atoms with Gasteiger partial charge >= 0.3 is 0 Å². The molecule has 11 heteroatoms. The maximum atomic E-state index is 13.0. The Morgan fingerprint density at radius 3 is 2.93 bits per heavy atom. The number of anilines is 1. The molecule has 3 heterocycles. The topological polar surface area (TPSA) is 148 Å². The molecular weight excluding hydrogens is 406 g/mol. The van der Waals surface area contributed by atoms with Crippen LogP contribution < -0.4 is 10.5 Å². The number of imidazole rings is 1. The number of nitrogens with zero attached hydrogens (tertiary/aromatic N) is 5. The average Bonchev–Trinajstić information content (AvgIpc) is 3.15. The van der Waals surface area contributed by atoms with E-state index in [1.165, 1.54) is 6.33 Å². The Morgan fingerprint density at radius 1 is 1.37 bits per heavy atom. The number of sulfonamides is 1. The fraction of sp³-hybridized carbons (Fsp3) is 0.368. The highest BCUT2D eigenvalue weighted by Gasteiger charge is 2.27. The van der Waals surface area contributed by atoms with Crippen molar-refractivity contribution in [1.82, 2.24) is 24.3 Å². The molecule has 10 nitrogen and oxygen atoms in total. The van der Waals surface area contributed by atoms with E-state index in [1.54, 1.807) is 28.9 Å². The maximum Gasteiger partial charge on any atom is 0.240 e. The van der Waals surface area contributed by atoms with Gasteiger partial charge in [0.25, 0.3) is 0 Å². The average molecular weight is 427 g/mol. The van der Waals surface area contributed by atoms with Crippen LogP contribution in [0.15, 0.2) is 35.6 Å². The van der Waals surface area contributed by atoms with E-state index in [4.69, 9.17) is 15.7 Å². The van der Waals surface area contributed by atoms with Crippen LogP contribution in [0.1, 0.15) is 24.8 Å². The molecule has 2 aromatic heterocycles. The zero-order valence-corrected chi connectivity index (χ0v) is 17.1. The van der Waals surface area contributed by atoms with Crippen molar-refractivity contribution in [3.63, 3.8) is 0 Å². The zero-order valence-electron chi connectivity index (χ0n) is 16.3. The minimum Gasteiger partial charge on any atom is -0.381 e. The van der Waals surface area contributed by atoms with Crippen molar-refractivity contribution in [2.24, 2.45) is 0 Å². The number of nitrogen functional groups attached to an aromatic ring is 1. The molecule has 30 heavy (non-hydrogen) atoms. The van der Waals surface area contributed by atoms with Gasteiger partial charge in [-0.05, 0) is 37.5 Å². The quantitative estimate of drug-likeness (QED) is 0.621. The molecule has 4 rings (SSSR count). The molecule has 2 atom stereocenters. The van der Waals surface area contributed by atoms with E-state index in [9.17, 15) is 8.42 Å². The summed E-state index contributed by atoms with van der Waals surface area (Å²) in [5.74, 6) is 0.242. The number of aromatic nitrogens is 4. The van der Waals surface area contributed by atoms with E-state index in [0.717, 1.165) is 5.56 Å². The Hall–Kier alpha value is -3.07. The van der Waals surface area contributed by atoms with Gasteiger partial charge in [-0.2, -0.15) is 10.4 Å². The van der Waals surface area contributed by atoms with E-state index in [-0.39, 0.29) is 29.5 Å². The largest absolute Gasteiger partial charge is 0.381 e. The van der Waals surface area contributed by atoms with E-state index < -0.39 is 10.0 Å². The van der Waals surface area contributed by atoms with Crippen molar-refractivity contribution in [3.05, 3.63) is 36.3 Å². The Bertz CT molecular complexity index is 1220. The second kappa shape index (κ2) is 7.98. The van der Waals surface area contributed by atoms with Gasteiger partial charge in [0.15, 0.2) is 11.5 Å². The molecule has 0 radical (unpaired) electrons. The lowest BCUT2D eigenvalue weighted by atomic mass is 10.0. The number of fused-ring (bicyclic) bond motifs is 1. The zero-order chi connectivity index (χ0) is 21.3. The highest BCUT2D eigenvalue weighted by atomic mass is 32.2. The predicted octanol–water partition coefficient (Wildman–Crippen LogP) is 1.42. The van der Waals surface area contributed by atoms with Crippen LogP contribution >= 0.6 is 0 Å². The first-order valence-electron chi connectivity index (χ1n) is 9.45. The van der Waals surface area contributed by atoms with Crippen molar-refractivity contribution < 1.29 is 13.2 Å². The molecule has 3 aromatic rings. The number of nitrogens with two attached hydrogens (primary N) is 1. The second-order valence-electron chi connectivity index (χ2n) is 7.21. The van der Waals surface area contributed by atoms with Crippen molar-refractivity contribution in [2.75, 3.05) is 12.3 Å². The van der Waals surface area contributed by atoms with Crippen molar-refractivity contribution in [1.29, 1.82) is 5.26 Å². The monoisotopic (exact) mass is 427 g/mol. The van der Waals surface area contributed by atoms with Gasteiger partial charge in [-0.25, -0.2) is 27.6 Å². The van der Waals surface area contributed by atoms with Crippen LogP contribution in [0.25, 0.3) is 16.9 Å². The van der Waals surface area contributed by atoms with Gasteiger partial charge in [-0.3, -0.25) is 0 Å². The number of rotatable bonds is 5. The fourth-order valence-corrected chi connectivity index (χ4v) is 4.79. The molecule has 1 aliphatic heterocycles.